The lowest BCUT2D eigenvalue weighted by Gasteiger charge is -2.25. The van der Waals surface area contributed by atoms with Gasteiger partial charge in [-0.05, 0) is 61.9 Å². The Morgan fingerprint density at radius 1 is 1.28 bits per heavy atom. The van der Waals surface area contributed by atoms with Crippen molar-refractivity contribution in [2.24, 2.45) is 5.41 Å². The summed E-state index contributed by atoms with van der Waals surface area (Å²) in [5.41, 5.74) is 2.08. The number of carbonyl (C=O) groups is 1. The molecular weight excluding hydrogens is 314 g/mol. The molecule has 1 fully saturated rings. The molecule has 2 amide bonds. The zero-order valence-corrected chi connectivity index (χ0v) is 15.8. The maximum Gasteiger partial charge on any atom is 0.319 e. The summed E-state index contributed by atoms with van der Waals surface area (Å²) in [5, 5.41) is 15.2. The average molecular weight is 348 g/mol. The van der Waals surface area contributed by atoms with Gasteiger partial charge in [-0.2, -0.15) is 0 Å². The third-order valence-corrected chi connectivity index (χ3v) is 4.51. The number of carbonyl (C=O) groups excluding carboxylic acids is 1. The lowest BCUT2D eigenvalue weighted by molar-refractivity contribution is 0.196. The number of hydrogen-bond acceptors (Lipinski definition) is 3. The number of benzene rings is 1. The SMILES string of the molecule is CC(C)(C)CC(CO)NC(=O)Nc1cccc(CCN2CCCC2)c1. The van der Waals surface area contributed by atoms with Crippen molar-refractivity contribution in [3.63, 3.8) is 0 Å². The molecule has 140 valence electrons. The summed E-state index contributed by atoms with van der Waals surface area (Å²) in [4.78, 5) is 14.7. The van der Waals surface area contributed by atoms with Crippen LogP contribution >= 0.6 is 0 Å². The predicted octanol–water partition coefficient (Wildman–Crippen LogP) is 3.24. The predicted molar refractivity (Wildman–Crippen MR) is 103 cm³/mol. The topological polar surface area (TPSA) is 64.6 Å². The van der Waals surface area contributed by atoms with Crippen LogP contribution in [0.5, 0.6) is 0 Å². The molecule has 1 saturated heterocycles. The minimum Gasteiger partial charge on any atom is -0.394 e. The molecule has 1 aliphatic rings. The van der Waals surface area contributed by atoms with Gasteiger partial charge in [0.25, 0.3) is 0 Å². The van der Waals surface area contributed by atoms with E-state index in [0.29, 0.717) is 0 Å². The second-order valence-electron chi connectivity index (χ2n) is 8.24. The van der Waals surface area contributed by atoms with Gasteiger partial charge in [0, 0.05) is 12.2 Å². The minimum atomic E-state index is -0.264. The highest BCUT2D eigenvalue weighted by molar-refractivity contribution is 5.89. The number of aliphatic hydroxyl groups is 1. The maximum absolute atomic E-state index is 12.2. The standard InChI is InChI=1S/C20H33N3O2/c1-20(2,3)14-18(15-24)22-19(25)21-17-8-6-7-16(13-17)9-12-23-10-4-5-11-23/h6-8,13,18,24H,4-5,9-12,14-15H2,1-3H3,(H2,21,22,25). The molecular formula is C20H33N3O2. The number of likely N-dealkylation sites (tertiary alicyclic amines) is 1. The summed E-state index contributed by atoms with van der Waals surface area (Å²) in [7, 11) is 0. The van der Waals surface area contributed by atoms with Crippen molar-refractivity contribution in [1.29, 1.82) is 0 Å². The molecule has 5 nitrogen and oxygen atoms in total. The van der Waals surface area contributed by atoms with Crippen LogP contribution in [0.1, 0.15) is 45.6 Å². The number of hydrogen-bond donors (Lipinski definition) is 3. The van der Waals surface area contributed by atoms with Crippen LogP contribution in [0.3, 0.4) is 0 Å². The van der Waals surface area contributed by atoms with Crippen LogP contribution in [0.25, 0.3) is 0 Å². The number of anilines is 1. The van der Waals surface area contributed by atoms with Gasteiger partial charge in [-0.3, -0.25) is 0 Å². The molecule has 1 aromatic rings. The summed E-state index contributed by atoms with van der Waals surface area (Å²) < 4.78 is 0. The van der Waals surface area contributed by atoms with Crippen molar-refractivity contribution in [3.8, 4) is 0 Å². The van der Waals surface area contributed by atoms with E-state index in [9.17, 15) is 9.90 Å². The number of nitrogens with one attached hydrogen (secondary N) is 2. The van der Waals surface area contributed by atoms with Crippen LogP contribution in [0.2, 0.25) is 0 Å². The Kier molecular flexibility index (Phi) is 7.26. The van der Waals surface area contributed by atoms with Gasteiger partial charge < -0.3 is 20.6 Å². The number of rotatable bonds is 7. The maximum atomic E-state index is 12.2. The third-order valence-electron chi connectivity index (χ3n) is 4.51. The van der Waals surface area contributed by atoms with Crippen LogP contribution in [-0.2, 0) is 6.42 Å². The van der Waals surface area contributed by atoms with E-state index in [0.717, 1.165) is 25.1 Å². The fourth-order valence-electron chi connectivity index (χ4n) is 3.35. The van der Waals surface area contributed by atoms with Crippen molar-refractivity contribution >= 4 is 11.7 Å². The molecule has 0 bridgehead atoms. The highest BCUT2D eigenvalue weighted by Gasteiger charge is 2.20. The molecule has 0 radical (unpaired) electrons. The van der Waals surface area contributed by atoms with Crippen LogP contribution in [0, 0.1) is 5.41 Å². The van der Waals surface area contributed by atoms with Crippen molar-refractivity contribution in [2.75, 3.05) is 31.6 Å². The fraction of sp³-hybridized carbons (Fsp3) is 0.650. The molecule has 1 aliphatic heterocycles. The molecule has 1 aromatic carbocycles. The normalized spacial score (nSPS) is 16.6. The Hall–Kier alpha value is -1.59. The zero-order valence-electron chi connectivity index (χ0n) is 15.8. The Balaban J connectivity index is 1.84. The number of aliphatic hydroxyl groups excluding tert-OH is 1. The lowest BCUT2D eigenvalue weighted by Crippen LogP contribution is -2.42. The molecule has 2 rings (SSSR count). The second kappa shape index (κ2) is 9.20. The second-order valence-corrected chi connectivity index (χ2v) is 8.24. The Morgan fingerprint density at radius 2 is 2.00 bits per heavy atom. The average Bonchev–Trinajstić information content (AvgIpc) is 3.04. The molecule has 25 heavy (non-hydrogen) atoms. The molecule has 1 atom stereocenters. The Labute approximate surface area is 151 Å². The van der Waals surface area contributed by atoms with E-state index < -0.39 is 0 Å². The quantitative estimate of drug-likeness (QED) is 0.709. The monoisotopic (exact) mass is 347 g/mol. The first-order chi connectivity index (χ1) is 11.9. The molecule has 0 aromatic heterocycles. The molecule has 3 N–H and O–H groups in total. The van der Waals surface area contributed by atoms with Gasteiger partial charge in [0.2, 0.25) is 0 Å². The van der Waals surface area contributed by atoms with Crippen molar-refractivity contribution < 1.29 is 9.90 Å². The molecule has 0 aliphatic carbocycles. The summed E-state index contributed by atoms with van der Waals surface area (Å²) >= 11 is 0. The van der Waals surface area contributed by atoms with Gasteiger partial charge in [0.1, 0.15) is 0 Å². The lowest BCUT2D eigenvalue weighted by atomic mass is 9.88. The van der Waals surface area contributed by atoms with Gasteiger partial charge in [-0.1, -0.05) is 32.9 Å². The van der Waals surface area contributed by atoms with E-state index >= 15 is 0 Å². The van der Waals surface area contributed by atoms with Crippen LogP contribution in [-0.4, -0.2) is 48.3 Å². The van der Waals surface area contributed by atoms with E-state index in [1.807, 2.05) is 18.2 Å². The first-order valence-electron chi connectivity index (χ1n) is 9.35. The van der Waals surface area contributed by atoms with E-state index in [1.165, 1.54) is 31.5 Å². The summed E-state index contributed by atoms with van der Waals surface area (Å²) in [5.74, 6) is 0. The van der Waals surface area contributed by atoms with E-state index in [2.05, 4.69) is 42.4 Å². The number of nitrogens with zero attached hydrogens (tertiary/aromatic N) is 1. The molecule has 5 heteroatoms. The van der Waals surface area contributed by atoms with Crippen LogP contribution in [0.4, 0.5) is 10.5 Å². The van der Waals surface area contributed by atoms with Crippen molar-refractivity contribution in [1.82, 2.24) is 10.2 Å². The van der Waals surface area contributed by atoms with E-state index in [4.69, 9.17) is 0 Å². The third kappa shape index (κ3) is 7.45. The molecule has 0 saturated carbocycles. The van der Waals surface area contributed by atoms with Crippen molar-refractivity contribution in [3.05, 3.63) is 29.8 Å². The van der Waals surface area contributed by atoms with Gasteiger partial charge >= 0.3 is 6.03 Å². The van der Waals surface area contributed by atoms with Gasteiger partial charge in [0.15, 0.2) is 0 Å². The summed E-state index contributed by atoms with van der Waals surface area (Å²) in [6.45, 7) is 9.72. The van der Waals surface area contributed by atoms with Gasteiger partial charge in [-0.25, -0.2) is 4.79 Å². The van der Waals surface area contributed by atoms with Crippen molar-refractivity contribution in [2.45, 2.75) is 52.5 Å². The van der Waals surface area contributed by atoms with E-state index in [-0.39, 0.29) is 24.1 Å². The van der Waals surface area contributed by atoms with Crippen LogP contribution < -0.4 is 10.6 Å². The molecule has 1 unspecified atom stereocenters. The smallest absolute Gasteiger partial charge is 0.319 e. The first-order valence-corrected chi connectivity index (χ1v) is 9.35. The van der Waals surface area contributed by atoms with Gasteiger partial charge in [0.05, 0.1) is 12.6 Å². The number of urea groups is 1. The molecule has 1 heterocycles. The van der Waals surface area contributed by atoms with Gasteiger partial charge in [-0.15, -0.1) is 0 Å². The first kappa shape index (κ1) is 19.7. The fourth-order valence-corrected chi connectivity index (χ4v) is 3.35. The Morgan fingerprint density at radius 3 is 2.64 bits per heavy atom. The highest BCUT2D eigenvalue weighted by atomic mass is 16.3. The number of amides is 2. The summed E-state index contributed by atoms with van der Waals surface area (Å²) in [6, 6.07) is 7.52. The highest BCUT2D eigenvalue weighted by Crippen LogP contribution is 2.20. The van der Waals surface area contributed by atoms with E-state index in [1.54, 1.807) is 0 Å². The Bertz CT molecular complexity index is 548. The molecule has 0 spiro atoms. The minimum absolute atomic E-state index is 0.0518. The van der Waals surface area contributed by atoms with Crippen LogP contribution in [0.15, 0.2) is 24.3 Å². The zero-order chi connectivity index (χ0) is 18.3. The summed E-state index contributed by atoms with van der Waals surface area (Å²) in [6.07, 6.45) is 4.35. The largest absolute Gasteiger partial charge is 0.394 e.